The minimum absolute atomic E-state index is 0.0475. The van der Waals surface area contributed by atoms with E-state index in [4.69, 9.17) is 4.74 Å². The summed E-state index contributed by atoms with van der Waals surface area (Å²) in [5.41, 5.74) is 4.93. The second-order valence-corrected chi connectivity index (χ2v) is 7.25. The van der Waals surface area contributed by atoms with Gasteiger partial charge in [0.05, 0.1) is 24.1 Å². The molecule has 0 radical (unpaired) electrons. The van der Waals surface area contributed by atoms with Crippen LogP contribution in [0.2, 0.25) is 0 Å². The summed E-state index contributed by atoms with van der Waals surface area (Å²) in [4.78, 5) is 13.1. The second-order valence-electron chi connectivity index (χ2n) is 7.25. The minimum Gasteiger partial charge on any atom is -0.480 e. The summed E-state index contributed by atoms with van der Waals surface area (Å²) in [5.74, 6) is 0.897. The molecule has 3 aromatic rings. The van der Waals surface area contributed by atoms with Crippen LogP contribution >= 0.6 is 0 Å². The summed E-state index contributed by atoms with van der Waals surface area (Å²) in [5, 5.41) is 16.1. The Kier molecular flexibility index (Phi) is 4.32. The van der Waals surface area contributed by atoms with Crippen molar-refractivity contribution < 1.29 is 4.74 Å². The Morgan fingerprint density at radius 1 is 1.21 bits per heavy atom. The number of fused-ring (bicyclic) bond motifs is 1. The smallest absolute Gasteiger partial charge is 0.237 e. The van der Waals surface area contributed by atoms with E-state index in [1.165, 1.54) is 0 Å². The van der Waals surface area contributed by atoms with E-state index >= 15 is 0 Å². The number of pyridine rings is 1. The Morgan fingerprint density at radius 3 is 2.86 bits per heavy atom. The molecule has 4 rings (SSSR count). The number of nitriles is 1. The number of methoxy groups -OCH3 is 1. The lowest BCUT2D eigenvalue weighted by Gasteiger charge is -2.18. The van der Waals surface area contributed by atoms with Crippen molar-refractivity contribution in [3.05, 3.63) is 53.9 Å². The Morgan fingerprint density at radius 2 is 2.07 bits per heavy atom. The van der Waals surface area contributed by atoms with E-state index in [9.17, 15) is 5.26 Å². The Labute approximate surface area is 163 Å². The highest BCUT2D eigenvalue weighted by Gasteiger charge is 2.32. The lowest BCUT2D eigenvalue weighted by Crippen LogP contribution is -2.18. The molecule has 7 nitrogen and oxygen atoms in total. The molecular weight excluding hydrogens is 352 g/mol. The highest BCUT2D eigenvalue weighted by molar-refractivity contribution is 5.76. The van der Waals surface area contributed by atoms with Gasteiger partial charge in [0.25, 0.3) is 0 Å². The molecule has 1 aliphatic rings. The van der Waals surface area contributed by atoms with Gasteiger partial charge in [-0.25, -0.2) is 15.0 Å². The van der Waals surface area contributed by atoms with E-state index in [0.29, 0.717) is 23.1 Å². The highest BCUT2D eigenvalue weighted by Crippen LogP contribution is 2.41. The van der Waals surface area contributed by atoms with E-state index in [1.807, 2.05) is 24.3 Å². The van der Waals surface area contributed by atoms with Crippen molar-refractivity contribution in [2.45, 2.75) is 19.3 Å². The zero-order chi connectivity index (χ0) is 19.7. The first-order chi connectivity index (χ1) is 13.5. The van der Waals surface area contributed by atoms with Gasteiger partial charge in [-0.05, 0) is 35.9 Å². The van der Waals surface area contributed by atoms with Gasteiger partial charge in [-0.3, -0.25) is 0 Å². The molecule has 140 valence electrons. The fourth-order valence-electron chi connectivity index (χ4n) is 3.36. The van der Waals surface area contributed by atoms with Crippen molar-refractivity contribution in [3.63, 3.8) is 0 Å². The van der Waals surface area contributed by atoms with Crippen LogP contribution in [-0.2, 0) is 5.41 Å². The summed E-state index contributed by atoms with van der Waals surface area (Å²) in [6.45, 7) is 5.13. The van der Waals surface area contributed by atoms with Gasteiger partial charge in [0.1, 0.15) is 11.8 Å². The molecule has 0 unspecified atom stereocenters. The van der Waals surface area contributed by atoms with Crippen molar-refractivity contribution in [2.75, 3.05) is 24.3 Å². The predicted molar refractivity (Wildman–Crippen MR) is 108 cm³/mol. The van der Waals surface area contributed by atoms with Crippen LogP contribution in [0, 0.1) is 11.3 Å². The summed E-state index contributed by atoms with van der Waals surface area (Å²) in [6.07, 6.45) is 3.35. The molecule has 0 saturated carbocycles. The summed E-state index contributed by atoms with van der Waals surface area (Å²) < 4.78 is 5.26. The number of nitrogens with zero attached hydrogens (tertiary/aromatic N) is 4. The Bertz CT molecular complexity index is 1090. The number of hydrogen-bond acceptors (Lipinski definition) is 7. The number of benzene rings is 1. The van der Waals surface area contributed by atoms with Gasteiger partial charge in [0, 0.05) is 29.9 Å². The van der Waals surface area contributed by atoms with Gasteiger partial charge in [0.15, 0.2) is 0 Å². The SMILES string of the molecule is COc1ncccc1Nc1nccc(-c2cc(C#N)c3c(c2)C(C)(C)CN3)n1. The largest absolute Gasteiger partial charge is 0.480 e. The Balaban J connectivity index is 1.74. The number of anilines is 3. The topological polar surface area (TPSA) is 95.8 Å². The number of ether oxygens (including phenoxy) is 1. The number of hydrogen-bond donors (Lipinski definition) is 2. The predicted octanol–water partition coefficient (Wildman–Crippen LogP) is 3.87. The van der Waals surface area contributed by atoms with E-state index < -0.39 is 0 Å². The van der Waals surface area contributed by atoms with Crippen molar-refractivity contribution in [1.29, 1.82) is 5.26 Å². The molecule has 0 saturated heterocycles. The molecule has 0 amide bonds. The molecule has 7 heteroatoms. The lowest BCUT2D eigenvalue weighted by atomic mass is 9.85. The van der Waals surface area contributed by atoms with Crippen LogP contribution in [0.4, 0.5) is 17.3 Å². The zero-order valence-electron chi connectivity index (χ0n) is 15.9. The maximum atomic E-state index is 9.59. The lowest BCUT2D eigenvalue weighted by molar-refractivity contribution is 0.400. The molecule has 0 spiro atoms. The van der Waals surface area contributed by atoms with Gasteiger partial charge in [-0.15, -0.1) is 0 Å². The van der Waals surface area contributed by atoms with Crippen LogP contribution in [0.25, 0.3) is 11.3 Å². The van der Waals surface area contributed by atoms with Crippen LogP contribution < -0.4 is 15.4 Å². The van der Waals surface area contributed by atoms with Crippen molar-refractivity contribution in [1.82, 2.24) is 15.0 Å². The number of aromatic nitrogens is 3. The standard InChI is InChI=1S/C21H20N6O/c1-21(2)12-25-18-14(11-22)9-13(10-15(18)21)16-6-8-24-20(26-16)27-17-5-4-7-23-19(17)28-3/h4-10,25H,12H2,1-3H3,(H,24,26,27). The van der Waals surface area contributed by atoms with Crippen LogP contribution in [-0.4, -0.2) is 28.6 Å². The van der Waals surface area contributed by atoms with Crippen LogP contribution in [0.15, 0.2) is 42.7 Å². The first kappa shape index (κ1) is 17.7. The first-order valence-corrected chi connectivity index (χ1v) is 8.94. The molecular formula is C21H20N6O. The summed E-state index contributed by atoms with van der Waals surface area (Å²) >= 11 is 0. The summed E-state index contributed by atoms with van der Waals surface area (Å²) in [7, 11) is 1.56. The monoisotopic (exact) mass is 372 g/mol. The number of nitrogens with one attached hydrogen (secondary N) is 2. The van der Waals surface area contributed by atoms with Crippen LogP contribution in [0.1, 0.15) is 25.0 Å². The zero-order valence-corrected chi connectivity index (χ0v) is 15.9. The third-order valence-electron chi connectivity index (χ3n) is 4.86. The molecule has 3 heterocycles. The summed E-state index contributed by atoms with van der Waals surface area (Å²) in [6, 6.07) is 11.8. The van der Waals surface area contributed by atoms with Crippen molar-refractivity contribution in [2.24, 2.45) is 0 Å². The molecule has 2 N–H and O–H groups in total. The fourth-order valence-corrected chi connectivity index (χ4v) is 3.36. The molecule has 2 aromatic heterocycles. The average Bonchev–Trinajstić information content (AvgIpc) is 3.03. The number of rotatable bonds is 4. The third-order valence-corrected chi connectivity index (χ3v) is 4.86. The van der Waals surface area contributed by atoms with E-state index in [-0.39, 0.29) is 5.41 Å². The van der Waals surface area contributed by atoms with Gasteiger partial charge >= 0.3 is 0 Å². The second kappa shape index (κ2) is 6.82. The third kappa shape index (κ3) is 3.09. The van der Waals surface area contributed by atoms with Gasteiger partial charge in [0.2, 0.25) is 11.8 Å². The van der Waals surface area contributed by atoms with Gasteiger partial charge < -0.3 is 15.4 Å². The Hall–Kier alpha value is -3.66. The van der Waals surface area contributed by atoms with Gasteiger partial charge in [-0.1, -0.05) is 13.8 Å². The fraction of sp³-hybridized carbons (Fsp3) is 0.238. The highest BCUT2D eigenvalue weighted by atomic mass is 16.5. The minimum atomic E-state index is -0.0475. The molecule has 0 atom stereocenters. The van der Waals surface area contributed by atoms with Crippen LogP contribution in [0.5, 0.6) is 5.88 Å². The molecule has 0 aliphatic carbocycles. The van der Waals surface area contributed by atoms with E-state index in [0.717, 1.165) is 29.1 Å². The first-order valence-electron chi connectivity index (χ1n) is 8.94. The molecule has 0 fully saturated rings. The molecule has 1 aromatic carbocycles. The molecule has 0 bridgehead atoms. The molecule has 1 aliphatic heterocycles. The molecule has 28 heavy (non-hydrogen) atoms. The average molecular weight is 372 g/mol. The van der Waals surface area contributed by atoms with Crippen molar-refractivity contribution in [3.8, 4) is 23.2 Å². The van der Waals surface area contributed by atoms with E-state index in [1.54, 1.807) is 19.5 Å². The van der Waals surface area contributed by atoms with E-state index in [2.05, 4.69) is 51.6 Å². The normalized spacial score (nSPS) is 13.9. The maximum Gasteiger partial charge on any atom is 0.237 e. The maximum absolute atomic E-state index is 9.59. The quantitative estimate of drug-likeness (QED) is 0.718. The van der Waals surface area contributed by atoms with Crippen LogP contribution in [0.3, 0.4) is 0 Å². The van der Waals surface area contributed by atoms with Crippen molar-refractivity contribution >= 4 is 17.3 Å². The van der Waals surface area contributed by atoms with Gasteiger partial charge in [-0.2, -0.15) is 5.26 Å².